The summed E-state index contributed by atoms with van der Waals surface area (Å²) in [6.07, 6.45) is -3.50. The van der Waals surface area contributed by atoms with Crippen LogP contribution in [0.4, 0.5) is 13.2 Å². The van der Waals surface area contributed by atoms with E-state index in [-0.39, 0.29) is 16.8 Å². The van der Waals surface area contributed by atoms with E-state index in [4.69, 9.17) is 0 Å². The SMILES string of the molecule is O=C(Cn1c(C(F)(F)F)nc2ccccc21)N/N=C/c1ccccc1O. The number of hydrogen-bond acceptors (Lipinski definition) is 4. The van der Waals surface area contributed by atoms with Crippen LogP contribution in [0.15, 0.2) is 53.6 Å². The molecule has 0 atom stereocenters. The van der Waals surface area contributed by atoms with Crippen LogP contribution >= 0.6 is 0 Å². The molecule has 1 aromatic heterocycles. The summed E-state index contributed by atoms with van der Waals surface area (Å²) < 4.78 is 40.3. The van der Waals surface area contributed by atoms with Gasteiger partial charge in [0.2, 0.25) is 5.82 Å². The maximum absolute atomic E-state index is 13.2. The van der Waals surface area contributed by atoms with Gasteiger partial charge in [0, 0.05) is 5.56 Å². The Hall–Kier alpha value is -3.36. The summed E-state index contributed by atoms with van der Waals surface area (Å²) in [6, 6.07) is 12.3. The highest BCUT2D eigenvalue weighted by Gasteiger charge is 2.37. The molecule has 1 heterocycles. The van der Waals surface area contributed by atoms with Crippen LogP contribution in [0.5, 0.6) is 5.75 Å². The van der Waals surface area contributed by atoms with Gasteiger partial charge in [0.05, 0.1) is 17.2 Å². The Morgan fingerprint density at radius 3 is 2.62 bits per heavy atom. The highest BCUT2D eigenvalue weighted by Crippen LogP contribution is 2.31. The zero-order valence-electron chi connectivity index (χ0n) is 13.2. The van der Waals surface area contributed by atoms with Crippen LogP contribution in [-0.4, -0.2) is 26.8 Å². The largest absolute Gasteiger partial charge is 0.507 e. The molecule has 0 bridgehead atoms. The van der Waals surface area contributed by atoms with Gasteiger partial charge < -0.3 is 9.67 Å². The van der Waals surface area contributed by atoms with Crippen LogP contribution in [0.1, 0.15) is 11.4 Å². The second kappa shape index (κ2) is 6.87. The van der Waals surface area contributed by atoms with Crippen molar-refractivity contribution in [2.75, 3.05) is 0 Å². The first-order chi connectivity index (χ1) is 12.4. The summed E-state index contributed by atoms with van der Waals surface area (Å²) >= 11 is 0. The van der Waals surface area contributed by atoms with Crippen LogP contribution in [0.2, 0.25) is 0 Å². The number of amides is 1. The number of nitrogens with one attached hydrogen (secondary N) is 1. The molecule has 0 aliphatic heterocycles. The molecule has 2 N–H and O–H groups in total. The van der Waals surface area contributed by atoms with Crippen LogP contribution in [0.3, 0.4) is 0 Å². The molecule has 2 aromatic carbocycles. The molecule has 0 aliphatic rings. The molecule has 6 nitrogen and oxygen atoms in total. The number of aromatic nitrogens is 2. The molecule has 3 rings (SSSR count). The average molecular weight is 362 g/mol. The molecule has 0 spiro atoms. The maximum Gasteiger partial charge on any atom is 0.449 e. The lowest BCUT2D eigenvalue weighted by Gasteiger charge is -2.10. The standard InChI is InChI=1S/C17H13F3N4O2/c18-17(19,20)16-22-12-6-2-3-7-13(12)24(16)10-15(26)23-21-9-11-5-1-4-8-14(11)25/h1-9,25H,10H2,(H,23,26)/b21-9+. The van der Waals surface area contributed by atoms with E-state index in [0.29, 0.717) is 5.56 Å². The number of phenols is 1. The minimum Gasteiger partial charge on any atom is -0.507 e. The van der Waals surface area contributed by atoms with Crippen molar-refractivity contribution in [2.24, 2.45) is 5.10 Å². The molecular weight excluding hydrogens is 349 g/mol. The molecule has 9 heteroatoms. The summed E-state index contributed by atoms with van der Waals surface area (Å²) in [5, 5.41) is 13.2. The number of halogens is 3. The van der Waals surface area contributed by atoms with Crippen LogP contribution in [0.25, 0.3) is 11.0 Å². The van der Waals surface area contributed by atoms with Gasteiger partial charge in [-0.05, 0) is 24.3 Å². The Morgan fingerprint density at radius 2 is 1.88 bits per heavy atom. The molecule has 26 heavy (non-hydrogen) atoms. The van der Waals surface area contributed by atoms with Crippen molar-refractivity contribution in [3.8, 4) is 5.75 Å². The first-order valence-electron chi connectivity index (χ1n) is 7.48. The van der Waals surface area contributed by atoms with E-state index in [9.17, 15) is 23.1 Å². The lowest BCUT2D eigenvalue weighted by molar-refractivity contribution is -0.147. The van der Waals surface area contributed by atoms with Gasteiger partial charge in [0.15, 0.2) is 0 Å². The van der Waals surface area contributed by atoms with Crippen molar-refractivity contribution in [2.45, 2.75) is 12.7 Å². The molecule has 3 aromatic rings. The lowest BCUT2D eigenvalue weighted by Crippen LogP contribution is -2.26. The molecule has 0 saturated heterocycles. The molecular formula is C17H13F3N4O2. The third-order valence-corrected chi connectivity index (χ3v) is 3.54. The molecule has 0 unspecified atom stereocenters. The Morgan fingerprint density at radius 1 is 1.19 bits per heavy atom. The third-order valence-electron chi connectivity index (χ3n) is 3.54. The number of imidazole rings is 1. The molecule has 134 valence electrons. The summed E-state index contributed by atoms with van der Waals surface area (Å²) in [5.41, 5.74) is 2.84. The summed E-state index contributed by atoms with van der Waals surface area (Å²) in [7, 11) is 0. The van der Waals surface area contributed by atoms with Crippen LogP contribution < -0.4 is 5.43 Å². The van der Waals surface area contributed by atoms with Crippen molar-refractivity contribution in [1.29, 1.82) is 0 Å². The summed E-state index contributed by atoms with van der Waals surface area (Å²) in [6.45, 7) is -0.604. The van der Waals surface area contributed by atoms with Gasteiger partial charge >= 0.3 is 6.18 Å². The number of hydrogen-bond donors (Lipinski definition) is 2. The number of alkyl halides is 3. The Kier molecular flexibility index (Phi) is 4.61. The van der Waals surface area contributed by atoms with Gasteiger partial charge in [0.1, 0.15) is 12.3 Å². The Balaban J connectivity index is 1.80. The van der Waals surface area contributed by atoms with Gasteiger partial charge in [-0.15, -0.1) is 0 Å². The fourth-order valence-corrected chi connectivity index (χ4v) is 2.40. The topological polar surface area (TPSA) is 79.5 Å². The minimum absolute atomic E-state index is 0.0366. The minimum atomic E-state index is -4.70. The predicted octanol–water partition coefficient (Wildman–Crippen LogP) is 2.91. The molecule has 1 amide bonds. The monoisotopic (exact) mass is 362 g/mol. The highest BCUT2D eigenvalue weighted by atomic mass is 19.4. The van der Waals surface area contributed by atoms with Crippen LogP contribution in [0, 0.1) is 0 Å². The van der Waals surface area contributed by atoms with Gasteiger partial charge in [-0.2, -0.15) is 18.3 Å². The average Bonchev–Trinajstić information content (AvgIpc) is 2.96. The molecule has 0 saturated carbocycles. The third kappa shape index (κ3) is 3.66. The van der Waals surface area contributed by atoms with Gasteiger partial charge in [-0.25, -0.2) is 10.4 Å². The summed E-state index contributed by atoms with van der Waals surface area (Å²) in [4.78, 5) is 15.6. The van der Waals surface area contributed by atoms with Crippen molar-refractivity contribution < 1.29 is 23.1 Å². The van der Waals surface area contributed by atoms with Crippen molar-refractivity contribution in [3.63, 3.8) is 0 Å². The first-order valence-corrected chi connectivity index (χ1v) is 7.48. The number of benzene rings is 2. The fraction of sp³-hybridized carbons (Fsp3) is 0.118. The smallest absolute Gasteiger partial charge is 0.449 e. The fourth-order valence-electron chi connectivity index (χ4n) is 2.40. The van der Waals surface area contributed by atoms with E-state index in [2.05, 4.69) is 15.5 Å². The number of rotatable bonds is 4. The first kappa shape index (κ1) is 17.5. The van der Waals surface area contributed by atoms with E-state index in [1.165, 1.54) is 24.4 Å². The number of carbonyl (C=O) groups excluding carboxylic acids is 1. The Labute approximate surface area is 145 Å². The Bertz CT molecular complexity index is 980. The lowest BCUT2D eigenvalue weighted by atomic mass is 10.2. The predicted molar refractivity (Wildman–Crippen MR) is 88.6 cm³/mol. The number of carbonyl (C=O) groups is 1. The number of nitrogens with zero attached hydrogens (tertiary/aromatic N) is 3. The summed E-state index contributed by atoms with van der Waals surface area (Å²) in [5.74, 6) is -1.95. The van der Waals surface area contributed by atoms with E-state index >= 15 is 0 Å². The van der Waals surface area contributed by atoms with E-state index in [0.717, 1.165) is 4.57 Å². The van der Waals surface area contributed by atoms with Crippen molar-refractivity contribution in [1.82, 2.24) is 15.0 Å². The van der Waals surface area contributed by atoms with Crippen LogP contribution in [-0.2, 0) is 17.5 Å². The van der Waals surface area contributed by atoms with Crippen molar-refractivity contribution in [3.05, 3.63) is 59.9 Å². The molecule has 0 fully saturated rings. The zero-order chi connectivity index (χ0) is 18.7. The second-order valence-electron chi connectivity index (χ2n) is 5.36. The number of para-hydroxylation sites is 3. The second-order valence-corrected chi connectivity index (χ2v) is 5.36. The van der Waals surface area contributed by atoms with E-state index in [1.807, 2.05) is 0 Å². The van der Waals surface area contributed by atoms with E-state index < -0.39 is 24.5 Å². The van der Waals surface area contributed by atoms with Gasteiger partial charge in [-0.3, -0.25) is 4.79 Å². The normalized spacial score (nSPS) is 12.0. The number of hydrazone groups is 1. The number of aromatic hydroxyl groups is 1. The zero-order valence-corrected chi connectivity index (χ0v) is 13.2. The van der Waals surface area contributed by atoms with Gasteiger partial charge in [0.25, 0.3) is 5.91 Å². The molecule has 0 radical (unpaired) electrons. The number of fused-ring (bicyclic) bond motifs is 1. The number of phenolic OH excluding ortho intramolecular Hbond substituents is 1. The maximum atomic E-state index is 13.2. The highest BCUT2D eigenvalue weighted by molar-refractivity contribution is 5.85. The van der Waals surface area contributed by atoms with Crippen molar-refractivity contribution >= 4 is 23.2 Å². The molecule has 0 aliphatic carbocycles. The van der Waals surface area contributed by atoms with E-state index in [1.54, 1.807) is 30.3 Å². The van der Waals surface area contributed by atoms with Gasteiger partial charge in [-0.1, -0.05) is 24.3 Å². The quantitative estimate of drug-likeness (QED) is 0.553.